The summed E-state index contributed by atoms with van der Waals surface area (Å²) in [4.78, 5) is 26.5. The number of nitrogens with zero attached hydrogens (tertiary/aromatic N) is 1. The molecule has 3 N–H and O–H groups in total. The number of likely N-dealkylation sites (tertiary alicyclic amines) is 1. The molecule has 2 atom stereocenters. The van der Waals surface area contributed by atoms with Crippen LogP contribution in [-0.4, -0.2) is 41.6 Å². The van der Waals surface area contributed by atoms with Crippen LogP contribution in [0.1, 0.15) is 27.2 Å². The van der Waals surface area contributed by atoms with Gasteiger partial charge in [-0.25, -0.2) is 0 Å². The van der Waals surface area contributed by atoms with E-state index in [4.69, 9.17) is 5.73 Å². The van der Waals surface area contributed by atoms with Gasteiger partial charge in [-0.2, -0.15) is 0 Å². The molecule has 1 heterocycles. The number of hydrogen-bond acceptors (Lipinski definition) is 4. The van der Waals surface area contributed by atoms with Crippen molar-refractivity contribution >= 4 is 29.3 Å². The van der Waals surface area contributed by atoms with Gasteiger partial charge < -0.3 is 16.0 Å². The maximum Gasteiger partial charge on any atom is 0.235 e. The summed E-state index contributed by atoms with van der Waals surface area (Å²) in [7, 11) is 0. The first-order valence-electron chi connectivity index (χ1n) is 7.86. The average molecular weight is 335 g/mol. The minimum absolute atomic E-state index is 0.0556. The lowest BCUT2D eigenvalue weighted by molar-refractivity contribution is -0.129. The van der Waals surface area contributed by atoms with Crippen LogP contribution in [0.15, 0.2) is 29.2 Å². The molecule has 1 fully saturated rings. The number of benzene rings is 1. The van der Waals surface area contributed by atoms with Crippen LogP contribution in [-0.2, 0) is 9.59 Å². The van der Waals surface area contributed by atoms with Crippen molar-refractivity contribution in [3.8, 4) is 0 Å². The summed E-state index contributed by atoms with van der Waals surface area (Å²) < 4.78 is 0. The molecule has 6 heteroatoms. The Morgan fingerprint density at radius 2 is 2.04 bits per heavy atom. The van der Waals surface area contributed by atoms with Crippen LogP contribution in [0, 0.1) is 5.41 Å². The Morgan fingerprint density at radius 1 is 1.39 bits per heavy atom. The fraction of sp³-hybridized carbons (Fsp3) is 0.529. The second-order valence-electron chi connectivity index (χ2n) is 6.49. The highest BCUT2D eigenvalue weighted by atomic mass is 32.2. The quantitative estimate of drug-likeness (QED) is 0.810. The van der Waals surface area contributed by atoms with Crippen molar-refractivity contribution in [2.24, 2.45) is 11.1 Å². The van der Waals surface area contributed by atoms with Crippen LogP contribution in [0.5, 0.6) is 0 Å². The molecule has 1 aromatic carbocycles. The standard InChI is InChI=1S/C17H25N3O2S/c1-12(16(22)20-9-8-17(3,10-18)11-20)23-15-6-4-14(5-7-15)19-13(2)21/h4-7,12H,8-11,18H2,1-3H3,(H,19,21). The molecule has 1 aromatic rings. The molecule has 2 rings (SSSR count). The van der Waals surface area contributed by atoms with Crippen molar-refractivity contribution in [1.82, 2.24) is 4.90 Å². The van der Waals surface area contributed by atoms with Gasteiger partial charge in [0.15, 0.2) is 0 Å². The van der Waals surface area contributed by atoms with Gasteiger partial charge in [0, 0.05) is 30.6 Å². The van der Waals surface area contributed by atoms with E-state index in [0.29, 0.717) is 6.54 Å². The first-order valence-corrected chi connectivity index (χ1v) is 8.74. The Labute approximate surface area is 142 Å². The molecule has 0 saturated carbocycles. The van der Waals surface area contributed by atoms with Crippen LogP contribution in [0.3, 0.4) is 0 Å². The third kappa shape index (κ3) is 4.72. The molecular formula is C17H25N3O2S. The predicted octanol–water partition coefficient (Wildman–Crippen LogP) is 2.32. The summed E-state index contributed by atoms with van der Waals surface area (Å²) in [5, 5.41) is 2.60. The summed E-state index contributed by atoms with van der Waals surface area (Å²) in [6, 6.07) is 7.55. The van der Waals surface area contributed by atoms with Gasteiger partial charge in [0.25, 0.3) is 0 Å². The molecule has 1 aliphatic rings. The molecule has 0 spiro atoms. The van der Waals surface area contributed by atoms with Crippen molar-refractivity contribution in [3.05, 3.63) is 24.3 Å². The van der Waals surface area contributed by atoms with Crippen molar-refractivity contribution in [2.45, 2.75) is 37.3 Å². The molecule has 0 aliphatic carbocycles. The summed E-state index contributed by atoms with van der Waals surface area (Å²) in [6.45, 7) is 7.71. The van der Waals surface area contributed by atoms with Crippen LogP contribution in [0.2, 0.25) is 0 Å². The number of amides is 2. The van der Waals surface area contributed by atoms with Gasteiger partial charge in [0.2, 0.25) is 11.8 Å². The lowest BCUT2D eigenvalue weighted by Crippen LogP contribution is -2.38. The molecule has 0 radical (unpaired) electrons. The van der Waals surface area contributed by atoms with Crippen LogP contribution < -0.4 is 11.1 Å². The zero-order chi connectivity index (χ0) is 17.0. The van der Waals surface area contributed by atoms with Crippen molar-refractivity contribution in [1.29, 1.82) is 0 Å². The number of carbonyl (C=O) groups is 2. The summed E-state index contributed by atoms with van der Waals surface area (Å²) >= 11 is 1.54. The third-order valence-corrected chi connectivity index (χ3v) is 5.30. The Morgan fingerprint density at radius 3 is 2.57 bits per heavy atom. The van der Waals surface area contributed by atoms with E-state index in [1.54, 1.807) is 0 Å². The smallest absolute Gasteiger partial charge is 0.235 e. The van der Waals surface area contributed by atoms with Gasteiger partial charge >= 0.3 is 0 Å². The molecule has 5 nitrogen and oxygen atoms in total. The lowest BCUT2D eigenvalue weighted by Gasteiger charge is -2.24. The average Bonchev–Trinajstić information content (AvgIpc) is 2.91. The van der Waals surface area contributed by atoms with Crippen LogP contribution in [0.4, 0.5) is 5.69 Å². The first-order chi connectivity index (χ1) is 10.8. The van der Waals surface area contributed by atoms with Gasteiger partial charge in [-0.05, 0) is 49.6 Å². The summed E-state index contributed by atoms with van der Waals surface area (Å²) in [6.07, 6.45) is 0.970. The molecular weight excluding hydrogens is 310 g/mol. The Bertz CT molecular complexity index is 576. The number of nitrogens with one attached hydrogen (secondary N) is 1. The van der Waals surface area contributed by atoms with Gasteiger partial charge in [-0.15, -0.1) is 11.8 Å². The zero-order valence-electron chi connectivity index (χ0n) is 14.0. The van der Waals surface area contributed by atoms with E-state index < -0.39 is 0 Å². The second-order valence-corrected chi connectivity index (χ2v) is 7.90. The maximum atomic E-state index is 12.6. The maximum absolute atomic E-state index is 12.6. The highest BCUT2D eigenvalue weighted by molar-refractivity contribution is 8.00. The number of thioether (sulfide) groups is 1. The third-order valence-electron chi connectivity index (χ3n) is 4.20. The predicted molar refractivity (Wildman–Crippen MR) is 94.4 cm³/mol. The molecule has 1 saturated heterocycles. The van der Waals surface area contributed by atoms with E-state index in [0.717, 1.165) is 30.1 Å². The number of hydrogen-bond donors (Lipinski definition) is 2. The molecule has 126 valence electrons. The van der Waals surface area contributed by atoms with Crippen LogP contribution >= 0.6 is 11.8 Å². The van der Waals surface area contributed by atoms with E-state index in [1.165, 1.54) is 18.7 Å². The van der Waals surface area contributed by atoms with Gasteiger partial charge in [-0.1, -0.05) is 6.92 Å². The van der Waals surface area contributed by atoms with E-state index in [1.807, 2.05) is 36.1 Å². The number of nitrogens with two attached hydrogens (primary N) is 1. The first kappa shape index (κ1) is 17.8. The second kappa shape index (κ2) is 7.36. The summed E-state index contributed by atoms with van der Waals surface area (Å²) in [5.41, 5.74) is 6.62. The van der Waals surface area contributed by atoms with Crippen LogP contribution in [0.25, 0.3) is 0 Å². The normalized spacial score (nSPS) is 22.0. The van der Waals surface area contributed by atoms with E-state index in [2.05, 4.69) is 12.2 Å². The highest BCUT2D eigenvalue weighted by Crippen LogP contribution is 2.31. The van der Waals surface area contributed by atoms with E-state index in [9.17, 15) is 9.59 Å². The fourth-order valence-electron chi connectivity index (χ4n) is 2.71. The number of anilines is 1. The Kier molecular flexibility index (Phi) is 5.70. The molecule has 1 aliphatic heterocycles. The molecule has 23 heavy (non-hydrogen) atoms. The van der Waals surface area contributed by atoms with Crippen molar-refractivity contribution < 1.29 is 9.59 Å². The molecule has 0 aromatic heterocycles. The minimum Gasteiger partial charge on any atom is -0.341 e. The monoisotopic (exact) mass is 335 g/mol. The fourth-order valence-corrected chi connectivity index (χ4v) is 3.66. The largest absolute Gasteiger partial charge is 0.341 e. The van der Waals surface area contributed by atoms with Crippen molar-refractivity contribution in [3.63, 3.8) is 0 Å². The van der Waals surface area contributed by atoms with Gasteiger partial charge in [0.05, 0.1) is 5.25 Å². The molecule has 2 amide bonds. The van der Waals surface area contributed by atoms with E-state index >= 15 is 0 Å². The Balaban J connectivity index is 1.92. The highest BCUT2D eigenvalue weighted by Gasteiger charge is 2.36. The number of carbonyl (C=O) groups excluding carboxylic acids is 2. The molecule has 0 bridgehead atoms. The van der Waals surface area contributed by atoms with Crippen molar-refractivity contribution in [2.75, 3.05) is 25.0 Å². The SMILES string of the molecule is CC(=O)Nc1ccc(SC(C)C(=O)N2CCC(C)(CN)C2)cc1. The number of rotatable bonds is 5. The Hall–Kier alpha value is -1.53. The van der Waals surface area contributed by atoms with E-state index in [-0.39, 0.29) is 22.5 Å². The zero-order valence-corrected chi connectivity index (χ0v) is 14.8. The topological polar surface area (TPSA) is 75.4 Å². The lowest BCUT2D eigenvalue weighted by atomic mass is 9.90. The summed E-state index contributed by atoms with van der Waals surface area (Å²) in [5.74, 6) is 0.0732. The van der Waals surface area contributed by atoms with Gasteiger partial charge in [-0.3, -0.25) is 9.59 Å². The minimum atomic E-state index is -0.137. The molecule has 2 unspecified atom stereocenters. The van der Waals surface area contributed by atoms with Gasteiger partial charge in [0.1, 0.15) is 0 Å².